The molecule has 31 heavy (non-hydrogen) atoms. The molecular weight excluding hydrogens is 428 g/mol. The molecule has 1 aliphatic rings. The second-order valence-electron chi connectivity index (χ2n) is 7.25. The Morgan fingerprint density at radius 3 is 2.52 bits per heavy atom. The van der Waals surface area contributed by atoms with Crippen LogP contribution < -0.4 is 5.32 Å². The van der Waals surface area contributed by atoms with Gasteiger partial charge in [0.05, 0.1) is 9.77 Å². The summed E-state index contributed by atoms with van der Waals surface area (Å²) in [7, 11) is -3.59. The lowest BCUT2D eigenvalue weighted by Gasteiger charge is -2.26. The third-order valence-electron chi connectivity index (χ3n) is 5.02. The van der Waals surface area contributed by atoms with Crippen LogP contribution in [0.25, 0.3) is 0 Å². The number of thiophene rings is 1. The number of carbonyl (C=O) groups is 1. The van der Waals surface area contributed by atoms with Gasteiger partial charge in [0.1, 0.15) is 0 Å². The topological polar surface area (TPSA) is 66.5 Å². The van der Waals surface area contributed by atoms with Crippen molar-refractivity contribution in [3.63, 3.8) is 0 Å². The number of hydrogen-bond donors (Lipinski definition) is 1. The van der Waals surface area contributed by atoms with Gasteiger partial charge in [0, 0.05) is 29.9 Å². The second-order valence-corrected chi connectivity index (χ2v) is 10.1. The first-order chi connectivity index (χ1) is 15.0. The van der Waals surface area contributed by atoms with Crippen LogP contribution >= 0.6 is 11.3 Å². The van der Waals surface area contributed by atoms with Crippen LogP contribution in [0.5, 0.6) is 0 Å². The summed E-state index contributed by atoms with van der Waals surface area (Å²) in [4.78, 5) is 13.9. The minimum absolute atomic E-state index is 0.151. The van der Waals surface area contributed by atoms with E-state index in [1.807, 2.05) is 29.6 Å². The van der Waals surface area contributed by atoms with Crippen molar-refractivity contribution in [3.8, 4) is 11.8 Å². The molecule has 2 aromatic carbocycles. The Kier molecular flexibility index (Phi) is 6.52. The van der Waals surface area contributed by atoms with Gasteiger partial charge in [-0.2, -0.15) is 4.31 Å². The van der Waals surface area contributed by atoms with E-state index < -0.39 is 10.0 Å². The van der Waals surface area contributed by atoms with E-state index in [0.717, 1.165) is 29.7 Å². The number of nitrogens with zero attached hydrogens (tertiary/aromatic N) is 1. The first-order valence-corrected chi connectivity index (χ1v) is 12.4. The lowest BCUT2D eigenvalue weighted by molar-refractivity contribution is 0.102. The van der Waals surface area contributed by atoms with Gasteiger partial charge in [-0.1, -0.05) is 36.5 Å². The first-order valence-electron chi connectivity index (χ1n) is 10.1. The van der Waals surface area contributed by atoms with Crippen molar-refractivity contribution >= 4 is 33.0 Å². The summed E-state index contributed by atoms with van der Waals surface area (Å²) in [6.45, 7) is 1.05. The number of amides is 1. The summed E-state index contributed by atoms with van der Waals surface area (Å²) in [5.41, 5.74) is 1.69. The predicted molar refractivity (Wildman–Crippen MR) is 124 cm³/mol. The molecule has 1 aromatic heterocycles. The Morgan fingerprint density at radius 1 is 0.935 bits per heavy atom. The van der Waals surface area contributed by atoms with Gasteiger partial charge in [0.25, 0.3) is 5.91 Å². The molecule has 1 N–H and O–H groups in total. The van der Waals surface area contributed by atoms with Gasteiger partial charge >= 0.3 is 0 Å². The summed E-state index contributed by atoms with van der Waals surface area (Å²) in [6.07, 6.45) is 2.78. The molecule has 7 heteroatoms. The highest BCUT2D eigenvalue weighted by Gasteiger charge is 2.26. The maximum atomic E-state index is 12.9. The second kappa shape index (κ2) is 9.48. The molecule has 1 amide bonds. The predicted octanol–water partition coefficient (Wildman–Crippen LogP) is 4.57. The molecule has 4 rings (SSSR count). The smallest absolute Gasteiger partial charge is 0.255 e. The number of nitrogens with one attached hydrogen (secondary N) is 1. The van der Waals surface area contributed by atoms with Crippen LogP contribution in [-0.4, -0.2) is 31.7 Å². The van der Waals surface area contributed by atoms with Crippen molar-refractivity contribution in [1.29, 1.82) is 0 Å². The number of hydrogen-bond acceptors (Lipinski definition) is 4. The van der Waals surface area contributed by atoms with Crippen LogP contribution in [0.4, 0.5) is 5.69 Å². The van der Waals surface area contributed by atoms with Crippen molar-refractivity contribution in [2.75, 3.05) is 18.4 Å². The molecular formula is C24H22N2O3S2. The molecule has 0 spiro atoms. The summed E-state index contributed by atoms with van der Waals surface area (Å²) >= 11 is 1.57. The minimum atomic E-state index is -3.59. The number of piperidine rings is 1. The Bertz CT molecular complexity index is 1230. The molecule has 0 atom stereocenters. The fourth-order valence-electron chi connectivity index (χ4n) is 3.41. The van der Waals surface area contributed by atoms with Gasteiger partial charge in [-0.25, -0.2) is 8.42 Å². The Balaban J connectivity index is 1.50. The van der Waals surface area contributed by atoms with Crippen molar-refractivity contribution in [2.24, 2.45) is 0 Å². The van der Waals surface area contributed by atoms with Crippen LogP contribution in [0.1, 0.15) is 40.1 Å². The Hall–Kier alpha value is -2.92. The molecule has 1 aliphatic heterocycles. The molecule has 1 fully saturated rings. The van der Waals surface area contributed by atoms with Crippen LogP contribution in [0.15, 0.2) is 70.9 Å². The van der Waals surface area contributed by atoms with E-state index in [2.05, 4.69) is 17.2 Å². The third kappa shape index (κ3) is 5.23. The van der Waals surface area contributed by atoms with Gasteiger partial charge in [0.15, 0.2) is 0 Å². The highest BCUT2D eigenvalue weighted by molar-refractivity contribution is 7.89. The minimum Gasteiger partial charge on any atom is -0.322 e. The maximum Gasteiger partial charge on any atom is 0.255 e. The van der Waals surface area contributed by atoms with E-state index >= 15 is 0 Å². The van der Waals surface area contributed by atoms with E-state index in [0.29, 0.717) is 24.3 Å². The normalized spacial score (nSPS) is 14.5. The lowest BCUT2D eigenvalue weighted by atomic mass is 10.1. The Labute approximate surface area is 186 Å². The molecule has 2 heterocycles. The molecule has 0 aliphatic carbocycles. The standard InChI is InChI=1S/C24H22N2O3S2/c27-24(25-21-9-4-7-19(17-21)12-13-22-10-6-16-30-22)20-8-5-11-23(18-20)31(28,29)26-14-2-1-3-15-26/h4-11,16-18H,1-3,14-15H2,(H,25,27). The zero-order chi connectivity index (χ0) is 21.7. The van der Waals surface area contributed by atoms with Crippen molar-refractivity contribution in [3.05, 3.63) is 82.0 Å². The van der Waals surface area contributed by atoms with Crippen LogP contribution in [0, 0.1) is 11.8 Å². The molecule has 0 radical (unpaired) electrons. The van der Waals surface area contributed by atoms with Gasteiger partial charge in [-0.15, -0.1) is 11.3 Å². The number of anilines is 1. The maximum absolute atomic E-state index is 12.9. The molecule has 1 saturated heterocycles. The van der Waals surface area contributed by atoms with Crippen molar-refractivity contribution in [1.82, 2.24) is 4.31 Å². The molecule has 0 unspecified atom stereocenters. The van der Waals surface area contributed by atoms with Crippen LogP contribution in [0.2, 0.25) is 0 Å². The van der Waals surface area contributed by atoms with E-state index in [-0.39, 0.29) is 10.8 Å². The van der Waals surface area contributed by atoms with E-state index in [1.54, 1.807) is 41.7 Å². The van der Waals surface area contributed by atoms with E-state index in [9.17, 15) is 13.2 Å². The lowest BCUT2D eigenvalue weighted by Crippen LogP contribution is -2.35. The van der Waals surface area contributed by atoms with Crippen LogP contribution in [-0.2, 0) is 10.0 Å². The molecule has 3 aromatic rings. The largest absolute Gasteiger partial charge is 0.322 e. The molecule has 0 bridgehead atoms. The first kappa shape index (κ1) is 21.3. The number of carbonyl (C=O) groups excluding carboxylic acids is 1. The van der Waals surface area contributed by atoms with Gasteiger partial charge in [-0.3, -0.25) is 4.79 Å². The fourth-order valence-corrected chi connectivity index (χ4v) is 5.55. The SMILES string of the molecule is O=C(Nc1cccc(C#Cc2cccs2)c1)c1cccc(S(=O)(=O)N2CCCCC2)c1. The van der Waals surface area contributed by atoms with Gasteiger partial charge < -0.3 is 5.32 Å². The van der Waals surface area contributed by atoms with E-state index in [1.165, 1.54) is 10.4 Å². The molecule has 158 valence electrons. The highest BCUT2D eigenvalue weighted by atomic mass is 32.2. The van der Waals surface area contributed by atoms with E-state index in [4.69, 9.17) is 0 Å². The van der Waals surface area contributed by atoms with Crippen LogP contribution in [0.3, 0.4) is 0 Å². The number of sulfonamides is 1. The van der Waals surface area contributed by atoms with Crippen molar-refractivity contribution < 1.29 is 13.2 Å². The highest BCUT2D eigenvalue weighted by Crippen LogP contribution is 2.22. The quantitative estimate of drug-likeness (QED) is 0.592. The summed E-state index contributed by atoms with van der Waals surface area (Å²) in [5.74, 6) is 5.82. The molecule has 5 nitrogen and oxygen atoms in total. The zero-order valence-corrected chi connectivity index (χ0v) is 18.5. The monoisotopic (exact) mass is 450 g/mol. The zero-order valence-electron chi connectivity index (χ0n) is 16.9. The van der Waals surface area contributed by atoms with Crippen molar-refractivity contribution in [2.45, 2.75) is 24.2 Å². The fraction of sp³-hybridized carbons (Fsp3) is 0.208. The summed E-state index contributed by atoms with van der Waals surface area (Å²) in [6, 6.07) is 17.4. The van der Waals surface area contributed by atoms with Gasteiger partial charge in [0.2, 0.25) is 10.0 Å². The summed E-state index contributed by atoms with van der Waals surface area (Å²) < 4.78 is 27.3. The number of benzene rings is 2. The average Bonchev–Trinajstić information content (AvgIpc) is 3.32. The number of rotatable bonds is 4. The third-order valence-corrected chi connectivity index (χ3v) is 7.70. The average molecular weight is 451 g/mol. The van der Waals surface area contributed by atoms with Gasteiger partial charge in [-0.05, 0) is 60.7 Å². The summed E-state index contributed by atoms with van der Waals surface area (Å²) in [5, 5.41) is 4.81. The Morgan fingerprint density at radius 2 is 1.74 bits per heavy atom. The molecule has 0 saturated carbocycles.